The van der Waals surface area contributed by atoms with Crippen LogP contribution in [0.3, 0.4) is 0 Å². The molecule has 0 unspecified atom stereocenters. The van der Waals surface area contributed by atoms with E-state index in [2.05, 4.69) is 20.9 Å². The molecule has 0 saturated carbocycles. The molecule has 10 nitrogen and oxygen atoms in total. The summed E-state index contributed by atoms with van der Waals surface area (Å²) in [7, 11) is 0. The molecule has 1 aliphatic heterocycles. The lowest BCUT2D eigenvalue weighted by Crippen LogP contribution is -2.59. The van der Waals surface area contributed by atoms with Crippen LogP contribution in [-0.4, -0.2) is 56.4 Å². The van der Waals surface area contributed by atoms with Crippen LogP contribution in [0, 0.1) is 10.4 Å². The van der Waals surface area contributed by atoms with Gasteiger partial charge in [0.1, 0.15) is 0 Å². The van der Waals surface area contributed by atoms with Crippen LogP contribution in [0.4, 0.5) is 0 Å². The number of hydrazine groups is 1. The third kappa shape index (κ3) is 4.82. The second kappa shape index (κ2) is 9.20. The zero-order valence-electron chi connectivity index (χ0n) is 15.8. The molecule has 11 heteroatoms. The van der Waals surface area contributed by atoms with Crippen LogP contribution in [0.5, 0.6) is 0 Å². The van der Waals surface area contributed by atoms with Gasteiger partial charge in [0.25, 0.3) is 5.91 Å². The monoisotopic (exact) mass is 425 g/mol. The first-order chi connectivity index (χ1) is 14.4. The fraction of sp³-hybridized carbons (Fsp3) is 0.158. The Hall–Kier alpha value is -3.70. The molecule has 0 radical (unpaired) electrons. The predicted octanol–water partition coefficient (Wildman–Crippen LogP) is 0.851. The number of nitrogens with zero attached hydrogens (tertiary/aromatic N) is 4. The largest absolute Gasteiger partial charge is 0.612 e. The number of aliphatic imine (C=N–C) groups is 1. The Bertz CT molecular complexity index is 1010. The van der Waals surface area contributed by atoms with Crippen molar-refractivity contribution >= 4 is 46.2 Å². The van der Waals surface area contributed by atoms with Crippen molar-refractivity contribution in [2.75, 3.05) is 6.54 Å². The van der Waals surface area contributed by atoms with Crippen LogP contribution >= 0.6 is 12.2 Å². The summed E-state index contributed by atoms with van der Waals surface area (Å²) in [6.45, 7) is 1.48. The number of nitrogens with one attached hydrogen (secondary N) is 2. The summed E-state index contributed by atoms with van der Waals surface area (Å²) in [4.78, 5) is 28.8. The zero-order chi connectivity index (χ0) is 21.7. The van der Waals surface area contributed by atoms with Crippen molar-refractivity contribution in [3.05, 3.63) is 70.6 Å². The fourth-order valence-corrected chi connectivity index (χ4v) is 2.93. The number of carbonyl (C=O) groups is 2. The fourth-order valence-electron chi connectivity index (χ4n) is 2.63. The first-order valence-electron chi connectivity index (χ1n) is 8.82. The number of hydrogen-bond acceptors (Lipinski definition) is 8. The van der Waals surface area contributed by atoms with E-state index in [0.717, 1.165) is 5.01 Å². The molecule has 1 aromatic rings. The Morgan fingerprint density at radius 1 is 1.23 bits per heavy atom. The Balaban J connectivity index is 1.67. The summed E-state index contributed by atoms with van der Waals surface area (Å²) < 4.78 is 0. The lowest BCUT2D eigenvalue weighted by molar-refractivity contribution is -0.377. The molecule has 1 atom stereocenters. The maximum absolute atomic E-state index is 12.8. The number of benzene rings is 1. The van der Waals surface area contributed by atoms with E-state index in [1.54, 1.807) is 37.3 Å². The summed E-state index contributed by atoms with van der Waals surface area (Å²) in [5.74, 6) is -0.684. The second-order valence-electron chi connectivity index (χ2n) is 6.28. The predicted molar refractivity (Wildman–Crippen MR) is 116 cm³/mol. The number of carbonyl (C=O) groups excluding carboxylic acids is 2. The summed E-state index contributed by atoms with van der Waals surface area (Å²) in [6.07, 6.45) is 5.51. The number of rotatable bonds is 6. The lowest BCUT2D eigenvalue weighted by atomic mass is 10.1. The smallest absolute Gasteiger partial charge is 0.273 e. The number of Topliss-reactive ketones (excluding diaryl/α,β-unsaturated/α-hetero) is 1. The zero-order valence-corrected chi connectivity index (χ0v) is 16.6. The summed E-state index contributed by atoms with van der Waals surface area (Å²) in [5.41, 5.74) is 6.66. The van der Waals surface area contributed by atoms with Crippen LogP contribution in [-0.2, 0) is 4.79 Å². The molecule has 0 bridgehead atoms. The molecule has 1 amide bonds. The van der Waals surface area contributed by atoms with Gasteiger partial charge in [0.15, 0.2) is 11.8 Å². The van der Waals surface area contributed by atoms with Crippen LogP contribution in [0.25, 0.3) is 0 Å². The van der Waals surface area contributed by atoms with Crippen LogP contribution in [0.2, 0.25) is 0 Å². The van der Waals surface area contributed by atoms with Crippen molar-refractivity contribution in [3.8, 4) is 0 Å². The van der Waals surface area contributed by atoms with Gasteiger partial charge in [-0.15, -0.1) is 0 Å². The van der Waals surface area contributed by atoms with Crippen molar-refractivity contribution in [2.45, 2.75) is 13.0 Å². The minimum atomic E-state index is -0.911. The Labute approximate surface area is 177 Å². The van der Waals surface area contributed by atoms with Crippen molar-refractivity contribution in [2.24, 2.45) is 10.1 Å². The van der Waals surface area contributed by atoms with Gasteiger partial charge < -0.3 is 10.4 Å². The second-order valence-corrected chi connectivity index (χ2v) is 6.65. The molecule has 30 heavy (non-hydrogen) atoms. The molecule has 0 aromatic heterocycles. The molecular weight excluding hydrogens is 408 g/mol. The van der Waals surface area contributed by atoms with Gasteiger partial charge in [-0.2, -0.15) is 10.0 Å². The number of hydrogen-bond donors (Lipinski definition) is 2. The number of thiocarbonyl (C=S) groups is 1. The molecule has 2 aliphatic rings. The average Bonchev–Trinajstić information content (AvgIpc) is 2.74. The molecule has 1 aliphatic carbocycles. The normalized spacial score (nSPS) is 18.4. The highest BCUT2D eigenvalue weighted by atomic mass is 32.1. The molecule has 154 valence electrons. The van der Waals surface area contributed by atoms with Crippen molar-refractivity contribution in [1.29, 1.82) is 0 Å². The van der Waals surface area contributed by atoms with E-state index in [4.69, 9.17) is 12.2 Å². The van der Waals surface area contributed by atoms with E-state index < -0.39 is 16.9 Å². The van der Waals surface area contributed by atoms with E-state index in [0.29, 0.717) is 17.0 Å². The molecule has 1 aromatic carbocycles. The molecular formula is C19H17N6O4S-. The minimum Gasteiger partial charge on any atom is -0.612 e. The van der Waals surface area contributed by atoms with E-state index >= 15 is 0 Å². The number of amides is 1. The minimum absolute atomic E-state index is 0.00764. The van der Waals surface area contributed by atoms with Gasteiger partial charge in [0, 0.05) is 17.7 Å². The molecule has 1 heterocycles. The third-order valence-corrected chi connectivity index (χ3v) is 4.50. The maximum Gasteiger partial charge on any atom is 0.273 e. The molecule has 0 saturated heterocycles. The standard InChI is InChI=1S/C19H17N6O4S/c1-12-17(23-22-14-7-9-15(10-8-14)25(28)29)18(27)24(19(30)21-12)20-11-16(26)13-5-3-2-4-6-13/h2-10,17,20,23H,11H2,1H3/q-1/t17-/m0/s1. The highest BCUT2D eigenvalue weighted by molar-refractivity contribution is 7.80. The van der Waals surface area contributed by atoms with Crippen molar-refractivity contribution in [1.82, 2.24) is 15.9 Å². The van der Waals surface area contributed by atoms with Gasteiger partial charge in [0.2, 0.25) is 10.8 Å². The highest BCUT2D eigenvalue weighted by Gasteiger charge is 2.34. The van der Waals surface area contributed by atoms with E-state index in [-0.39, 0.29) is 23.2 Å². The third-order valence-electron chi connectivity index (χ3n) is 4.23. The van der Waals surface area contributed by atoms with Crippen LogP contribution < -0.4 is 10.9 Å². The average molecular weight is 425 g/mol. The SMILES string of the molecule is CC1=NC(=S)N(NCC(=O)c2ccccc2)C(=O)[C@H]1NN=C1C=CC(=[N+]([O-])[O-])C=C1. The molecule has 0 spiro atoms. The molecule has 0 fully saturated rings. The van der Waals surface area contributed by atoms with E-state index in [9.17, 15) is 20.0 Å². The highest BCUT2D eigenvalue weighted by Crippen LogP contribution is 2.08. The Morgan fingerprint density at radius 3 is 2.53 bits per heavy atom. The van der Waals surface area contributed by atoms with Crippen molar-refractivity contribution < 1.29 is 14.5 Å². The van der Waals surface area contributed by atoms with E-state index in [1.807, 2.05) is 0 Å². The number of allylic oxidation sites excluding steroid dienone is 4. The maximum atomic E-state index is 12.8. The van der Waals surface area contributed by atoms with Crippen molar-refractivity contribution in [3.63, 3.8) is 0 Å². The quantitative estimate of drug-likeness (QED) is 0.227. The van der Waals surface area contributed by atoms with Crippen LogP contribution in [0.1, 0.15) is 17.3 Å². The first-order valence-corrected chi connectivity index (χ1v) is 9.23. The molecule has 3 rings (SSSR count). The Morgan fingerprint density at radius 2 is 1.90 bits per heavy atom. The van der Waals surface area contributed by atoms with Gasteiger partial charge in [-0.05, 0) is 31.3 Å². The summed E-state index contributed by atoms with van der Waals surface area (Å²) in [6, 6.07) is 7.74. The van der Waals surface area contributed by atoms with Gasteiger partial charge in [-0.1, -0.05) is 30.3 Å². The van der Waals surface area contributed by atoms with Gasteiger partial charge in [-0.25, -0.2) is 15.4 Å². The topological polar surface area (TPSA) is 135 Å². The van der Waals surface area contributed by atoms with Gasteiger partial charge in [0.05, 0.1) is 18.0 Å². The summed E-state index contributed by atoms with van der Waals surface area (Å²) in [5, 5.41) is 26.6. The van der Waals surface area contributed by atoms with Gasteiger partial charge >= 0.3 is 0 Å². The lowest BCUT2D eigenvalue weighted by Gasteiger charge is -2.30. The number of hydrazone groups is 1. The van der Waals surface area contributed by atoms with Crippen LogP contribution in [0.15, 0.2) is 64.7 Å². The van der Waals surface area contributed by atoms with E-state index in [1.165, 1.54) is 24.3 Å². The number of ketones is 1. The Kier molecular flexibility index (Phi) is 6.45. The summed E-state index contributed by atoms with van der Waals surface area (Å²) >= 11 is 5.14. The van der Waals surface area contributed by atoms with Gasteiger partial charge in [-0.3, -0.25) is 15.0 Å². The molecule has 2 N–H and O–H groups in total. The first kappa shape index (κ1) is 21.0.